The van der Waals surface area contributed by atoms with Crippen LogP contribution >= 0.6 is 11.6 Å². The quantitative estimate of drug-likeness (QED) is 0.628. The number of hydrogen-bond acceptors (Lipinski definition) is 3. The molecule has 144 valence electrons. The third-order valence-corrected chi connectivity index (χ3v) is 5.82. The molecular weight excluding hydrogens is 396 g/mol. The summed E-state index contributed by atoms with van der Waals surface area (Å²) in [7, 11) is -3.68. The summed E-state index contributed by atoms with van der Waals surface area (Å²) in [6, 6.07) is 20.4. The van der Waals surface area contributed by atoms with E-state index in [9.17, 15) is 13.2 Å². The fourth-order valence-electron chi connectivity index (χ4n) is 2.59. The Morgan fingerprint density at radius 3 is 2.29 bits per heavy atom. The largest absolute Gasteiger partial charge is 0.322 e. The van der Waals surface area contributed by atoms with E-state index in [0.29, 0.717) is 21.8 Å². The van der Waals surface area contributed by atoms with E-state index in [-0.39, 0.29) is 17.3 Å². The first-order valence-electron chi connectivity index (χ1n) is 8.56. The molecule has 0 heterocycles. The molecule has 0 saturated carbocycles. The van der Waals surface area contributed by atoms with Crippen molar-refractivity contribution in [2.45, 2.75) is 18.4 Å². The fraction of sp³-hybridized carbons (Fsp3) is 0.0952. The molecule has 28 heavy (non-hydrogen) atoms. The van der Waals surface area contributed by atoms with Crippen LogP contribution in [0.2, 0.25) is 5.02 Å². The molecule has 0 aromatic heterocycles. The molecule has 5 nitrogen and oxygen atoms in total. The second-order valence-corrected chi connectivity index (χ2v) is 8.45. The molecule has 0 radical (unpaired) electrons. The molecule has 0 saturated heterocycles. The van der Waals surface area contributed by atoms with Crippen LogP contribution in [0.3, 0.4) is 0 Å². The Kier molecular flexibility index (Phi) is 6.14. The van der Waals surface area contributed by atoms with Crippen molar-refractivity contribution in [3.63, 3.8) is 0 Å². The molecule has 0 fully saturated rings. The van der Waals surface area contributed by atoms with Gasteiger partial charge in [-0.15, -0.1) is 0 Å². The van der Waals surface area contributed by atoms with Gasteiger partial charge in [0.1, 0.15) is 0 Å². The van der Waals surface area contributed by atoms with Gasteiger partial charge < -0.3 is 5.32 Å². The van der Waals surface area contributed by atoms with E-state index in [1.165, 1.54) is 12.1 Å². The zero-order valence-corrected chi connectivity index (χ0v) is 16.7. The zero-order valence-electron chi connectivity index (χ0n) is 15.1. The Hall–Kier alpha value is -2.67. The monoisotopic (exact) mass is 414 g/mol. The minimum atomic E-state index is -3.68. The van der Waals surface area contributed by atoms with Crippen molar-refractivity contribution in [3.8, 4) is 0 Å². The highest BCUT2D eigenvalue weighted by molar-refractivity contribution is 7.89. The predicted molar refractivity (Wildman–Crippen MR) is 111 cm³/mol. The van der Waals surface area contributed by atoms with Crippen molar-refractivity contribution in [1.82, 2.24) is 4.72 Å². The number of benzene rings is 3. The Morgan fingerprint density at radius 1 is 0.964 bits per heavy atom. The smallest absolute Gasteiger partial charge is 0.255 e. The normalized spacial score (nSPS) is 11.2. The molecule has 0 unspecified atom stereocenters. The molecule has 2 N–H and O–H groups in total. The molecule has 1 amide bonds. The summed E-state index contributed by atoms with van der Waals surface area (Å²) in [5.74, 6) is -0.250. The van der Waals surface area contributed by atoms with Gasteiger partial charge in [0.05, 0.1) is 4.90 Å². The summed E-state index contributed by atoms with van der Waals surface area (Å²) in [5.41, 5.74) is 2.55. The van der Waals surface area contributed by atoms with E-state index in [1.807, 2.05) is 6.07 Å². The van der Waals surface area contributed by atoms with E-state index in [4.69, 9.17) is 11.6 Å². The van der Waals surface area contributed by atoms with Crippen LogP contribution in [-0.4, -0.2) is 14.3 Å². The molecule has 0 aliphatic heterocycles. The van der Waals surface area contributed by atoms with Crippen molar-refractivity contribution in [3.05, 3.63) is 94.5 Å². The molecule has 3 rings (SSSR count). The van der Waals surface area contributed by atoms with Crippen LogP contribution in [0.4, 0.5) is 5.69 Å². The number of carbonyl (C=O) groups excluding carboxylic acids is 1. The second-order valence-electron chi connectivity index (χ2n) is 6.25. The number of nitrogens with one attached hydrogen (secondary N) is 2. The molecule has 0 aliphatic rings. The van der Waals surface area contributed by atoms with Crippen LogP contribution in [-0.2, 0) is 16.6 Å². The SMILES string of the molecule is Cc1cc(S(=O)(=O)NCc2ccc(Cl)cc2)ccc1NC(=O)c1ccccc1. The Balaban J connectivity index is 1.71. The van der Waals surface area contributed by atoms with Gasteiger partial charge in [-0.05, 0) is 60.5 Å². The minimum Gasteiger partial charge on any atom is -0.322 e. The second kappa shape index (κ2) is 8.56. The van der Waals surface area contributed by atoms with Crippen LogP contribution in [0.1, 0.15) is 21.5 Å². The van der Waals surface area contributed by atoms with Crippen molar-refractivity contribution >= 4 is 33.2 Å². The number of hydrogen-bond donors (Lipinski definition) is 2. The van der Waals surface area contributed by atoms with E-state index < -0.39 is 10.0 Å². The summed E-state index contributed by atoms with van der Waals surface area (Å²) in [6.45, 7) is 1.91. The number of anilines is 1. The first-order valence-corrected chi connectivity index (χ1v) is 10.4. The third-order valence-electron chi connectivity index (χ3n) is 4.17. The number of amides is 1. The maximum atomic E-state index is 12.6. The summed E-state index contributed by atoms with van der Waals surface area (Å²) in [5, 5.41) is 3.39. The Labute approximate surface area is 169 Å². The zero-order chi connectivity index (χ0) is 20.1. The highest BCUT2D eigenvalue weighted by Gasteiger charge is 2.16. The summed E-state index contributed by atoms with van der Waals surface area (Å²) >= 11 is 5.84. The van der Waals surface area contributed by atoms with Crippen molar-refractivity contribution in [2.75, 3.05) is 5.32 Å². The summed E-state index contributed by atoms with van der Waals surface area (Å²) < 4.78 is 27.7. The number of rotatable bonds is 6. The maximum Gasteiger partial charge on any atom is 0.255 e. The number of carbonyl (C=O) groups is 1. The summed E-state index contributed by atoms with van der Waals surface area (Å²) in [6.07, 6.45) is 0. The van der Waals surface area contributed by atoms with Crippen LogP contribution in [0.25, 0.3) is 0 Å². The Bertz CT molecular complexity index is 1080. The van der Waals surface area contributed by atoms with Gasteiger partial charge in [-0.1, -0.05) is 41.9 Å². The lowest BCUT2D eigenvalue weighted by Crippen LogP contribution is -2.23. The lowest BCUT2D eigenvalue weighted by molar-refractivity contribution is 0.102. The molecule has 3 aromatic rings. The molecule has 0 spiro atoms. The topological polar surface area (TPSA) is 75.3 Å². The number of sulfonamides is 1. The fourth-order valence-corrected chi connectivity index (χ4v) is 3.82. The van der Waals surface area contributed by atoms with E-state index in [0.717, 1.165) is 5.56 Å². The van der Waals surface area contributed by atoms with Gasteiger partial charge in [0.15, 0.2) is 0 Å². The van der Waals surface area contributed by atoms with Crippen molar-refractivity contribution < 1.29 is 13.2 Å². The molecule has 7 heteroatoms. The van der Waals surface area contributed by atoms with Crippen LogP contribution < -0.4 is 10.0 Å². The Morgan fingerprint density at radius 2 is 1.64 bits per heavy atom. The van der Waals surface area contributed by atoms with E-state index >= 15 is 0 Å². The highest BCUT2D eigenvalue weighted by atomic mass is 35.5. The first-order chi connectivity index (χ1) is 13.3. The van der Waals surface area contributed by atoms with E-state index in [2.05, 4.69) is 10.0 Å². The maximum absolute atomic E-state index is 12.6. The lowest BCUT2D eigenvalue weighted by Gasteiger charge is -2.12. The summed E-state index contributed by atoms with van der Waals surface area (Å²) in [4.78, 5) is 12.4. The molecule has 0 aliphatic carbocycles. The van der Waals surface area contributed by atoms with Gasteiger partial charge in [-0.25, -0.2) is 13.1 Å². The van der Waals surface area contributed by atoms with Gasteiger partial charge in [-0.2, -0.15) is 0 Å². The number of aryl methyl sites for hydroxylation is 1. The van der Waals surface area contributed by atoms with Crippen LogP contribution in [0.5, 0.6) is 0 Å². The van der Waals surface area contributed by atoms with Gasteiger partial charge in [0.25, 0.3) is 5.91 Å². The van der Waals surface area contributed by atoms with Crippen molar-refractivity contribution in [2.24, 2.45) is 0 Å². The van der Waals surface area contributed by atoms with Gasteiger partial charge >= 0.3 is 0 Å². The molecular formula is C21H19ClN2O3S. The predicted octanol–water partition coefficient (Wildman–Crippen LogP) is 4.38. The van der Waals surface area contributed by atoms with Crippen molar-refractivity contribution in [1.29, 1.82) is 0 Å². The average Bonchev–Trinajstić information content (AvgIpc) is 2.69. The lowest BCUT2D eigenvalue weighted by atomic mass is 10.1. The minimum absolute atomic E-state index is 0.136. The standard InChI is InChI=1S/C21H19ClN2O3S/c1-15-13-19(28(26,27)23-14-16-7-9-18(22)10-8-16)11-12-20(15)24-21(25)17-5-3-2-4-6-17/h2-13,23H,14H2,1H3,(H,24,25). The number of halogens is 1. The van der Waals surface area contributed by atoms with Crippen LogP contribution in [0, 0.1) is 6.92 Å². The van der Waals surface area contributed by atoms with E-state index in [1.54, 1.807) is 61.5 Å². The molecule has 0 bridgehead atoms. The average molecular weight is 415 g/mol. The highest BCUT2D eigenvalue weighted by Crippen LogP contribution is 2.21. The van der Waals surface area contributed by atoms with Gasteiger partial charge in [0, 0.05) is 22.8 Å². The van der Waals surface area contributed by atoms with Gasteiger partial charge in [0.2, 0.25) is 10.0 Å². The third kappa shape index (κ3) is 4.98. The van der Waals surface area contributed by atoms with Crippen LogP contribution in [0.15, 0.2) is 77.7 Å². The molecule has 3 aromatic carbocycles. The first kappa shape index (κ1) is 20.1. The van der Waals surface area contributed by atoms with Gasteiger partial charge in [-0.3, -0.25) is 4.79 Å². The molecule has 0 atom stereocenters.